The zero-order chi connectivity index (χ0) is 13.5. The van der Waals surface area contributed by atoms with Crippen molar-refractivity contribution in [1.82, 2.24) is 19.7 Å². The first-order chi connectivity index (χ1) is 9.83. The van der Waals surface area contributed by atoms with E-state index in [0.717, 1.165) is 31.1 Å². The number of carbonyl (C=O) groups is 1. The Hall–Kier alpha value is -1.04. The van der Waals surface area contributed by atoms with Crippen molar-refractivity contribution < 1.29 is 4.79 Å². The monoisotopic (exact) mass is 292 g/mol. The van der Waals surface area contributed by atoms with E-state index >= 15 is 0 Å². The van der Waals surface area contributed by atoms with Crippen LogP contribution in [0, 0.1) is 0 Å². The molecule has 0 aromatic carbocycles. The summed E-state index contributed by atoms with van der Waals surface area (Å²) in [6.45, 7) is 1.87. The maximum absolute atomic E-state index is 12.1. The van der Waals surface area contributed by atoms with Gasteiger partial charge in [-0.1, -0.05) is 11.8 Å². The van der Waals surface area contributed by atoms with Crippen molar-refractivity contribution in [1.29, 1.82) is 0 Å². The topological polar surface area (TPSA) is 51.0 Å². The highest BCUT2D eigenvalue weighted by molar-refractivity contribution is 7.99. The minimum atomic E-state index is 0.255. The fourth-order valence-corrected chi connectivity index (χ4v) is 3.78. The van der Waals surface area contributed by atoms with Gasteiger partial charge in [-0.2, -0.15) is 0 Å². The summed E-state index contributed by atoms with van der Waals surface area (Å²) in [7, 11) is 0. The Balaban J connectivity index is 1.44. The van der Waals surface area contributed by atoms with Gasteiger partial charge in [-0.05, 0) is 38.5 Å². The molecular weight excluding hydrogens is 272 g/mol. The standard InChI is InChI=1S/C14H20N4OS/c19-12(17-7-1-2-8-17)9-20-14-16-15-13(10-3-4-10)18(14)11-5-6-11/h10-11H,1-9H2. The van der Waals surface area contributed by atoms with Gasteiger partial charge in [-0.3, -0.25) is 4.79 Å². The minimum Gasteiger partial charge on any atom is -0.342 e. The average molecular weight is 292 g/mol. The van der Waals surface area contributed by atoms with Crippen molar-refractivity contribution >= 4 is 17.7 Å². The van der Waals surface area contributed by atoms with Crippen LogP contribution in [-0.4, -0.2) is 44.4 Å². The second-order valence-electron chi connectivity index (χ2n) is 6.09. The van der Waals surface area contributed by atoms with Gasteiger partial charge in [0.2, 0.25) is 5.91 Å². The number of thioether (sulfide) groups is 1. The molecule has 3 aliphatic rings. The molecule has 108 valence electrons. The smallest absolute Gasteiger partial charge is 0.233 e. The molecule has 2 aliphatic carbocycles. The van der Waals surface area contributed by atoms with Gasteiger partial charge in [0.25, 0.3) is 0 Å². The Morgan fingerprint density at radius 2 is 1.90 bits per heavy atom. The van der Waals surface area contributed by atoms with Crippen LogP contribution in [0.1, 0.15) is 56.3 Å². The molecule has 0 radical (unpaired) electrons. The number of carbonyl (C=O) groups excluding carboxylic acids is 1. The van der Waals surface area contributed by atoms with E-state index in [1.165, 1.54) is 31.5 Å². The molecule has 1 aromatic rings. The molecule has 3 fully saturated rings. The number of amides is 1. The lowest BCUT2D eigenvalue weighted by Gasteiger charge is -2.14. The molecule has 6 heteroatoms. The highest BCUT2D eigenvalue weighted by atomic mass is 32.2. The maximum atomic E-state index is 12.1. The molecule has 1 saturated heterocycles. The molecule has 20 heavy (non-hydrogen) atoms. The quantitative estimate of drug-likeness (QED) is 0.781. The summed E-state index contributed by atoms with van der Waals surface area (Å²) >= 11 is 1.57. The van der Waals surface area contributed by atoms with E-state index in [1.807, 2.05) is 4.90 Å². The van der Waals surface area contributed by atoms with Gasteiger partial charge >= 0.3 is 0 Å². The van der Waals surface area contributed by atoms with E-state index < -0.39 is 0 Å². The predicted octanol–water partition coefficient (Wildman–Crippen LogP) is 2.20. The van der Waals surface area contributed by atoms with Gasteiger partial charge < -0.3 is 9.47 Å². The molecule has 0 spiro atoms. The van der Waals surface area contributed by atoms with Crippen molar-refractivity contribution in [3.8, 4) is 0 Å². The summed E-state index contributed by atoms with van der Waals surface area (Å²) in [4.78, 5) is 14.1. The Morgan fingerprint density at radius 3 is 2.55 bits per heavy atom. The summed E-state index contributed by atoms with van der Waals surface area (Å²) < 4.78 is 2.32. The van der Waals surface area contributed by atoms with E-state index in [4.69, 9.17) is 0 Å². The Morgan fingerprint density at radius 1 is 1.15 bits per heavy atom. The second-order valence-corrected chi connectivity index (χ2v) is 7.04. The zero-order valence-corrected chi connectivity index (χ0v) is 12.4. The highest BCUT2D eigenvalue weighted by Gasteiger charge is 2.36. The van der Waals surface area contributed by atoms with Crippen molar-refractivity contribution in [3.05, 3.63) is 5.82 Å². The van der Waals surface area contributed by atoms with Gasteiger partial charge in [0, 0.05) is 25.0 Å². The average Bonchev–Trinajstić information content (AvgIpc) is 3.39. The number of aromatic nitrogens is 3. The fraction of sp³-hybridized carbons (Fsp3) is 0.786. The molecule has 0 unspecified atom stereocenters. The van der Waals surface area contributed by atoms with E-state index in [2.05, 4.69) is 14.8 Å². The van der Waals surface area contributed by atoms with Crippen LogP contribution < -0.4 is 0 Å². The van der Waals surface area contributed by atoms with Crippen LogP contribution in [0.4, 0.5) is 0 Å². The van der Waals surface area contributed by atoms with E-state index in [-0.39, 0.29) is 5.91 Å². The molecule has 5 nitrogen and oxygen atoms in total. The minimum absolute atomic E-state index is 0.255. The third-order valence-electron chi connectivity index (χ3n) is 4.33. The van der Waals surface area contributed by atoms with Gasteiger partial charge in [-0.15, -0.1) is 10.2 Å². The number of likely N-dealkylation sites (tertiary alicyclic amines) is 1. The summed E-state index contributed by atoms with van der Waals surface area (Å²) in [5.41, 5.74) is 0. The van der Waals surface area contributed by atoms with Crippen LogP contribution in [0.15, 0.2) is 5.16 Å². The third-order valence-corrected chi connectivity index (χ3v) is 5.26. The molecule has 1 amide bonds. The Kier molecular flexibility index (Phi) is 3.21. The molecule has 0 N–H and O–H groups in total. The first-order valence-electron chi connectivity index (χ1n) is 7.68. The molecule has 4 rings (SSSR count). The second kappa shape index (κ2) is 5.06. The fourth-order valence-electron chi connectivity index (χ4n) is 2.87. The maximum Gasteiger partial charge on any atom is 0.233 e. The lowest BCUT2D eigenvalue weighted by atomic mass is 10.4. The van der Waals surface area contributed by atoms with Crippen LogP contribution in [-0.2, 0) is 4.79 Å². The van der Waals surface area contributed by atoms with Crippen molar-refractivity contribution in [2.45, 2.75) is 55.6 Å². The van der Waals surface area contributed by atoms with E-state index in [9.17, 15) is 4.79 Å². The Bertz CT molecular complexity index is 515. The van der Waals surface area contributed by atoms with Crippen LogP contribution in [0.25, 0.3) is 0 Å². The normalized spacial score (nSPS) is 22.5. The lowest BCUT2D eigenvalue weighted by molar-refractivity contribution is -0.127. The summed E-state index contributed by atoms with van der Waals surface area (Å²) in [6.07, 6.45) is 7.29. The highest BCUT2D eigenvalue weighted by Crippen LogP contribution is 2.45. The van der Waals surface area contributed by atoms with Crippen LogP contribution in [0.5, 0.6) is 0 Å². The molecule has 2 saturated carbocycles. The van der Waals surface area contributed by atoms with E-state index in [0.29, 0.717) is 17.7 Å². The van der Waals surface area contributed by atoms with Crippen LogP contribution in [0.2, 0.25) is 0 Å². The van der Waals surface area contributed by atoms with Crippen molar-refractivity contribution in [2.24, 2.45) is 0 Å². The molecule has 0 atom stereocenters. The first kappa shape index (κ1) is 12.7. The molecule has 2 heterocycles. The van der Waals surface area contributed by atoms with Crippen molar-refractivity contribution in [2.75, 3.05) is 18.8 Å². The third kappa shape index (κ3) is 2.45. The van der Waals surface area contributed by atoms with Gasteiger partial charge in [0.15, 0.2) is 5.16 Å². The van der Waals surface area contributed by atoms with Gasteiger partial charge in [0.1, 0.15) is 5.82 Å². The molecule has 0 bridgehead atoms. The summed E-state index contributed by atoms with van der Waals surface area (Å²) in [6, 6.07) is 0.602. The number of hydrogen-bond acceptors (Lipinski definition) is 4. The Labute approximate surface area is 123 Å². The molecular formula is C14H20N4OS. The molecule has 1 aliphatic heterocycles. The molecule has 1 aromatic heterocycles. The van der Waals surface area contributed by atoms with E-state index in [1.54, 1.807) is 11.8 Å². The van der Waals surface area contributed by atoms with Crippen LogP contribution in [0.3, 0.4) is 0 Å². The van der Waals surface area contributed by atoms with Crippen LogP contribution >= 0.6 is 11.8 Å². The number of rotatable bonds is 5. The van der Waals surface area contributed by atoms with Gasteiger partial charge in [-0.25, -0.2) is 0 Å². The number of nitrogens with zero attached hydrogens (tertiary/aromatic N) is 4. The summed E-state index contributed by atoms with van der Waals surface area (Å²) in [5, 5.41) is 9.68. The summed E-state index contributed by atoms with van der Waals surface area (Å²) in [5.74, 6) is 2.57. The largest absolute Gasteiger partial charge is 0.342 e. The predicted molar refractivity (Wildman–Crippen MR) is 76.8 cm³/mol. The SMILES string of the molecule is O=C(CSc1nnc(C2CC2)n1C1CC1)N1CCCC1. The lowest BCUT2D eigenvalue weighted by Crippen LogP contribution is -2.29. The number of hydrogen-bond donors (Lipinski definition) is 0. The van der Waals surface area contributed by atoms with Crippen molar-refractivity contribution in [3.63, 3.8) is 0 Å². The van der Waals surface area contributed by atoms with Gasteiger partial charge in [0.05, 0.1) is 5.75 Å². The first-order valence-corrected chi connectivity index (χ1v) is 8.67. The zero-order valence-electron chi connectivity index (χ0n) is 11.6.